The van der Waals surface area contributed by atoms with Crippen molar-refractivity contribution in [3.8, 4) is 5.75 Å². The van der Waals surface area contributed by atoms with Crippen LogP contribution in [0.15, 0.2) is 12.1 Å². The zero-order chi connectivity index (χ0) is 14.8. The lowest BCUT2D eigenvalue weighted by molar-refractivity contribution is -0.385. The number of nitrogens with zero attached hydrogens (tertiary/aromatic N) is 2. The Bertz CT molecular complexity index is 537. The van der Waals surface area contributed by atoms with Crippen LogP contribution in [-0.4, -0.2) is 37.8 Å². The summed E-state index contributed by atoms with van der Waals surface area (Å²) in [6, 6.07) is 3.44. The number of nitro groups is 1. The Kier molecular flexibility index (Phi) is 3.96. The van der Waals surface area contributed by atoms with Gasteiger partial charge in [0.2, 0.25) is 0 Å². The maximum atomic E-state index is 11.1. The van der Waals surface area contributed by atoms with Crippen molar-refractivity contribution >= 4 is 11.4 Å². The van der Waals surface area contributed by atoms with Crippen LogP contribution >= 0.6 is 0 Å². The summed E-state index contributed by atoms with van der Waals surface area (Å²) < 4.78 is 11.2. The van der Waals surface area contributed by atoms with Gasteiger partial charge in [-0.05, 0) is 31.7 Å². The summed E-state index contributed by atoms with van der Waals surface area (Å²) in [7, 11) is 0. The van der Waals surface area contributed by atoms with Gasteiger partial charge in [0.05, 0.1) is 36.5 Å². The lowest BCUT2D eigenvalue weighted by Crippen LogP contribution is -2.36. The zero-order valence-electron chi connectivity index (χ0n) is 12.2. The first kappa shape index (κ1) is 14.1. The standard InChI is InChI=1S/C15H20N2O4/c1-11-8-14(16-4-6-20-7-5-16)15(9-13(11)17(18)19)21-10-12-2-3-12/h8-9,12H,2-7,10H2,1H3. The molecule has 1 aromatic rings. The average molecular weight is 292 g/mol. The third-order valence-corrected chi connectivity index (χ3v) is 4.00. The first-order valence-electron chi connectivity index (χ1n) is 7.39. The minimum atomic E-state index is -0.345. The molecule has 0 radical (unpaired) electrons. The molecule has 6 nitrogen and oxygen atoms in total. The first-order chi connectivity index (χ1) is 10.1. The Balaban J connectivity index is 1.90. The van der Waals surface area contributed by atoms with Crippen molar-refractivity contribution in [1.82, 2.24) is 0 Å². The fourth-order valence-electron chi connectivity index (χ4n) is 2.52. The van der Waals surface area contributed by atoms with Crippen LogP contribution in [0.5, 0.6) is 5.75 Å². The van der Waals surface area contributed by atoms with Crippen LogP contribution in [0.4, 0.5) is 11.4 Å². The van der Waals surface area contributed by atoms with E-state index in [-0.39, 0.29) is 10.6 Å². The van der Waals surface area contributed by atoms with Crippen molar-refractivity contribution in [3.63, 3.8) is 0 Å². The summed E-state index contributed by atoms with van der Waals surface area (Å²) in [4.78, 5) is 13.0. The van der Waals surface area contributed by atoms with E-state index in [0.717, 1.165) is 18.8 Å². The van der Waals surface area contributed by atoms with Crippen molar-refractivity contribution in [3.05, 3.63) is 27.8 Å². The van der Waals surface area contributed by atoms with E-state index >= 15 is 0 Å². The highest BCUT2D eigenvalue weighted by Crippen LogP contribution is 2.37. The van der Waals surface area contributed by atoms with Gasteiger partial charge in [0.1, 0.15) is 5.75 Å². The molecular formula is C15H20N2O4. The quantitative estimate of drug-likeness (QED) is 0.616. The fourth-order valence-corrected chi connectivity index (χ4v) is 2.52. The Hall–Kier alpha value is -1.82. The minimum Gasteiger partial charge on any atom is -0.491 e. The maximum Gasteiger partial charge on any atom is 0.276 e. The van der Waals surface area contributed by atoms with Gasteiger partial charge in [0.15, 0.2) is 0 Å². The lowest BCUT2D eigenvalue weighted by atomic mass is 10.1. The fraction of sp³-hybridized carbons (Fsp3) is 0.600. The molecule has 21 heavy (non-hydrogen) atoms. The number of hydrogen-bond acceptors (Lipinski definition) is 5. The van der Waals surface area contributed by atoms with Gasteiger partial charge in [0.25, 0.3) is 5.69 Å². The third-order valence-electron chi connectivity index (χ3n) is 4.00. The van der Waals surface area contributed by atoms with E-state index in [1.54, 1.807) is 13.0 Å². The van der Waals surface area contributed by atoms with Gasteiger partial charge in [-0.25, -0.2) is 0 Å². The number of aryl methyl sites for hydroxylation is 1. The minimum absolute atomic E-state index is 0.123. The molecule has 0 aromatic heterocycles. The average Bonchev–Trinajstić information content (AvgIpc) is 3.30. The van der Waals surface area contributed by atoms with Gasteiger partial charge < -0.3 is 14.4 Å². The Morgan fingerprint density at radius 2 is 2.10 bits per heavy atom. The highest BCUT2D eigenvalue weighted by molar-refractivity contribution is 5.65. The van der Waals surface area contributed by atoms with Crippen LogP contribution in [0.25, 0.3) is 0 Å². The molecule has 6 heteroatoms. The highest BCUT2D eigenvalue weighted by atomic mass is 16.6. The van der Waals surface area contributed by atoms with E-state index < -0.39 is 0 Å². The zero-order valence-corrected chi connectivity index (χ0v) is 12.2. The SMILES string of the molecule is Cc1cc(N2CCOCC2)c(OCC2CC2)cc1[N+](=O)[O-]. The van der Waals surface area contributed by atoms with Crippen LogP contribution < -0.4 is 9.64 Å². The molecule has 0 N–H and O–H groups in total. The number of hydrogen-bond donors (Lipinski definition) is 0. The Labute approximate surface area is 123 Å². The molecule has 1 aliphatic heterocycles. The number of nitro benzene ring substituents is 1. The van der Waals surface area contributed by atoms with Crippen LogP contribution in [-0.2, 0) is 4.74 Å². The van der Waals surface area contributed by atoms with Gasteiger partial charge >= 0.3 is 0 Å². The second kappa shape index (κ2) is 5.89. The van der Waals surface area contributed by atoms with Crippen molar-refractivity contribution in [2.45, 2.75) is 19.8 Å². The largest absolute Gasteiger partial charge is 0.491 e. The molecule has 0 bridgehead atoms. The molecule has 3 rings (SSSR count). The molecule has 1 aliphatic carbocycles. The van der Waals surface area contributed by atoms with Gasteiger partial charge in [0, 0.05) is 18.7 Å². The molecule has 2 fully saturated rings. The summed E-state index contributed by atoms with van der Waals surface area (Å²) in [5.41, 5.74) is 1.74. The molecule has 2 aliphatic rings. The Morgan fingerprint density at radius 1 is 1.38 bits per heavy atom. The molecular weight excluding hydrogens is 272 g/mol. The van der Waals surface area contributed by atoms with E-state index in [9.17, 15) is 10.1 Å². The van der Waals surface area contributed by atoms with E-state index in [4.69, 9.17) is 9.47 Å². The number of ether oxygens (including phenoxy) is 2. The number of benzene rings is 1. The molecule has 1 saturated carbocycles. The lowest BCUT2D eigenvalue weighted by Gasteiger charge is -2.30. The monoisotopic (exact) mass is 292 g/mol. The number of anilines is 1. The predicted octanol–water partition coefficient (Wildman–Crippen LogP) is 2.53. The van der Waals surface area contributed by atoms with Crippen molar-refractivity contribution in [2.75, 3.05) is 37.8 Å². The van der Waals surface area contributed by atoms with E-state index in [0.29, 0.717) is 37.1 Å². The molecule has 1 saturated heterocycles. The molecule has 0 spiro atoms. The topological polar surface area (TPSA) is 64.8 Å². The van der Waals surface area contributed by atoms with Crippen LogP contribution in [0.1, 0.15) is 18.4 Å². The molecule has 0 amide bonds. The highest BCUT2D eigenvalue weighted by Gasteiger charge is 2.25. The van der Waals surface area contributed by atoms with Crippen LogP contribution in [0.2, 0.25) is 0 Å². The molecule has 114 valence electrons. The molecule has 1 heterocycles. The second-order valence-electron chi connectivity index (χ2n) is 5.72. The predicted molar refractivity (Wildman–Crippen MR) is 79.1 cm³/mol. The normalized spacial score (nSPS) is 18.6. The number of morpholine rings is 1. The van der Waals surface area contributed by atoms with E-state index in [2.05, 4.69) is 4.90 Å². The summed E-state index contributed by atoms with van der Waals surface area (Å²) in [5.74, 6) is 1.24. The molecule has 0 atom stereocenters. The van der Waals surface area contributed by atoms with Crippen LogP contribution in [0, 0.1) is 23.0 Å². The first-order valence-corrected chi connectivity index (χ1v) is 7.39. The van der Waals surface area contributed by atoms with Crippen molar-refractivity contribution in [2.24, 2.45) is 5.92 Å². The van der Waals surface area contributed by atoms with Gasteiger partial charge in [-0.3, -0.25) is 10.1 Å². The van der Waals surface area contributed by atoms with Crippen LogP contribution in [0.3, 0.4) is 0 Å². The smallest absolute Gasteiger partial charge is 0.276 e. The van der Waals surface area contributed by atoms with E-state index in [1.807, 2.05) is 6.07 Å². The van der Waals surface area contributed by atoms with E-state index in [1.165, 1.54) is 12.8 Å². The van der Waals surface area contributed by atoms with Crippen molar-refractivity contribution < 1.29 is 14.4 Å². The summed E-state index contributed by atoms with van der Waals surface area (Å²) in [6.07, 6.45) is 2.39. The van der Waals surface area contributed by atoms with Gasteiger partial charge in [-0.15, -0.1) is 0 Å². The molecule has 0 unspecified atom stereocenters. The molecule has 1 aromatic carbocycles. The Morgan fingerprint density at radius 3 is 2.71 bits per heavy atom. The van der Waals surface area contributed by atoms with Crippen molar-refractivity contribution in [1.29, 1.82) is 0 Å². The number of rotatable bonds is 5. The maximum absolute atomic E-state index is 11.1. The van der Waals surface area contributed by atoms with Gasteiger partial charge in [-0.1, -0.05) is 0 Å². The van der Waals surface area contributed by atoms with Gasteiger partial charge in [-0.2, -0.15) is 0 Å². The summed E-state index contributed by atoms with van der Waals surface area (Å²) >= 11 is 0. The second-order valence-corrected chi connectivity index (χ2v) is 5.72. The summed E-state index contributed by atoms with van der Waals surface area (Å²) in [6.45, 7) is 5.36. The third kappa shape index (κ3) is 3.26. The summed E-state index contributed by atoms with van der Waals surface area (Å²) in [5, 5.41) is 11.1.